The van der Waals surface area contributed by atoms with E-state index in [0.717, 1.165) is 13.0 Å². The summed E-state index contributed by atoms with van der Waals surface area (Å²) in [6.45, 7) is 3.04. The maximum Gasteiger partial charge on any atom is 0.376 e. The van der Waals surface area contributed by atoms with Crippen molar-refractivity contribution in [3.63, 3.8) is 0 Å². The second-order valence-electron chi connectivity index (χ2n) is 3.74. The molecule has 1 aromatic rings. The smallest absolute Gasteiger partial charge is 0.376 e. The average Bonchev–Trinajstić information content (AvgIpc) is 2.38. The van der Waals surface area contributed by atoms with Gasteiger partial charge < -0.3 is 10.1 Å². The van der Waals surface area contributed by atoms with Crippen molar-refractivity contribution in [2.75, 3.05) is 19.0 Å². The van der Waals surface area contributed by atoms with Crippen LogP contribution in [0.2, 0.25) is 0 Å². The molecule has 0 aliphatic heterocycles. The fourth-order valence-electron chi connectivity index (χ4n) is 1.42. The topological polar surface area (TPSA) is 64.1 Å². The summed E-state index contributed by atoms with van der Waals surface area (Å²) in [5, 5.41) is 3.16. The standard InChI is InChI=1S/C12H19N3O2/c1-3-4-5-6-8-13-10-7-9-14-11(15-10)12(16)17-2/h7,9H,3-6,8H2,1-2H3,(H,13,14,15). The van der Waals surface area contributed by atoms with E-state index in [1.807, 2.05) is 0 Å². The minimum atomic E-state index is -0.514. The van der Waals surface area contributed by atoms with Crippen LogP contribution < -0.4 is 5.32 Å². The molecule has 17 heavy (non-hydrogen) atoms. The van der Waals surface area contributed by atoms with Gasteiger partial charge in [0.05, 0.1) is 7.11 Å². The zero-order chi connectivity index (χ0) is 12.5. The third kappa shape index (κ3) is 4.80. The van der Waals surface area contributed by atoms with E-state index in [2.05, 4.69) is 26.9 Å². The van der Waals surface area contributed by atoms with Gasteiger partial charge in [0.25, 0.3) is 0 Å². The maximum absolute atomic E-state index is 11.2. The van der Waals surface area contributed by atoms with Gasteiger partial charge in [-0.05, 0) is 12.5 Å². The van der Waals surface area contributed by atoms with Crippen LogP contribution in [0.25, 0.3) is 0 Å². The highest BCUT2D eigenvalue weighted by atomic mass is 16.5. The lowest BCUT2D eigenvalue weighted by atomic mass is 10.2. The first-order chi connectivity index (χ1) is 8.27. The molecule has 0 saturated carbocycles. The van der Waals surface area contributed by atoms with Gasteiger partial charge in [0.1, 0.15) is 5.82 Å². The summed E-state index contributed by atoms with van der Waals surface area (Å²) in [5.41, 5.74) is 0. The number of unbranched alkanes of at least 4 members (excludes halogenated alkanes) is 3. The van der Waals surface area contributed by atoms with Crippen molar-refractivity contribution in [3.05, 3.63) is 18.1 Å². The Labute approximate surface area is 102 Å². The van der Waals surface area contributed by atoms with Crippen molar-refractivity contribution in [2.45, 2.75) is 32.6 Å². The Hall–Kier alpha value is -1.65. The minimum Gasteiger partial charge on any atom is -0.463 e. The first-order valence-electron chi connectivity index (χ1n) is 5.93. The van der Waals surface area contributed by atoms with Gasteiger partial charge in [-0.25, -0.2) is 14.8 Å². The SMILES string of the molecule is CCCCCCNc1ccnc(C(=O)OC)n1. The second-order valence-corrected chi connectivity index (χ2v) is 3.74. The van der Waals surface area contributed by atoms with Gasteiger partial charge in [-0.15, -0.1) is 0 Å². The fraction of sp³-hybridized carbons (Fsp3) is 0.583. The fourth-order valence-corrected chi connectivity index (χ4v) is 1.42. The lowest BCUT2D eigenvalue weighted by molar-refractivity contribution is 0.0587. The molecule has 0 spiro atoms. The number of methoxy groups -OCH3 is 1. The molecule has 0 aliphatic rings. The largest absolute Gasteiger partial charge is 0.463 e. The lowest BCUT2D eigenvalue weighted by Gasteiger charge is -2.05. The summed E-state index contributed by atoms with van der Waals surface area (Å²) in [6.07, 6.45) is 6.33. The molecule has 0 bridgehead atoms. The number of nitrogens with one attached hydrogen (secondary N) is 1. The number of carbonyl (C=O) groups is 1. The predicted octanol–water partition coefficient (Wildman–Crippen LogP) is 2.26. The summed E-state index contributed by atoms with van der Waals surface area (Å²) in [7, 11) is 1.32. The van der Waals surface area contributed by atoms with Crippen LogP contribution in [0.3, 0.4) is 0 Å². The quantitative estimate of drug-likeness (QED) is 0.582. The number of hydrogen-bond acceptors (Lipinski definition) is 5. The van der Waals surface area contributed by atoms with Gasteiger partial charge >= 0.3 is 5.97 Å². The number of nitrogens with zero attached hydrogens (tertiary/aromatic N) is 2. The van der Waals surface area contributed by atoms with E-state index in [4.69, 9.17) is 0 Å². The maximum atomic E-state index is 11.2. The van der Waals surface area contributed by atoms with Gasteiger partial charge in [0.15, 0.2) is 0 Å². The Morgan fingerprint density at radius 1 is 1.41 bits per heavy atom. The number of carbonyl (C=O) groups excluding carboxylic acids is 1. The van der Waals surface area contributed by atoms with Gasteiger partial charge in [-0.3, -0.25) is 0 Å². The molecule has 5 nitrogen and oxygen atoms in total. The van der Waals surface area contributed by atoms with E-state index in [-0.39, 0.29) is 5.82 Å². The van der Waals surface area contributed by atoms with E-state index in [1.165, 1.54) is 26.4 Å². The number of anilines is 1. The number of aromatic nitrogens is 2. The Balaban J connectivity index is 2.40. The summed E-state index contributed by atoms with van der Waals surface area (Å²) in [6, 6.07) is 1.74. The molecule has 0 fully saturated rings. The minimum absolute atomic E-state index is 0.0889. The van der Waals surface area contributed by atoms with Crippen molar-refractivity contribution in [1.82, 2.24) is 9.97 Å². The highest BCUT2D eigenvalue weighted by Crippen LogP contribution is 2.04. The monoisotopic (exact) mass is 237 g/mol. The third-order valence-corrected chi connectivity index (χ3v) is 2.36. The summed E-state index contributed by atoms with van der Waals surface area (Å²) < 4.78 is 4.56. The van der Waals surface area contributed by atoms with Crippen LogP contribution in [0.4, 0.5) is 5.82 Å². The Kier molecular flexibility index (Phi) is 5.99. The van der Waals surface area contributed by atoms with Crippen molar-refractivity contribution in [2.24, 2.45) is 0 Å². The lowest BCUT2D eigenvalue weighted by Crippen LogP contribution is -2.10. The molecule has 0 radical (unpaired) electrons. The zero-order valence-corrected chi connectivity index (χ0v) is 10.4. The van der Waals surface area contributed by atoms with Crippen molar-refractivity contribution in [1.29, 1.82) is 0 Å². The Morgan fingerprint density at radius 2 is 2.24 bits per heavy atom. The molecule has 94 valence electrons. The summed E-state index contributed by atoms with van der Waals surface area (Å²) in [5.74, 6) is 0.239. The van der Waals surface area contributed by atoms with Crippen LogP contribution in [0.15, 0.2) is 12.3 Å². The Morgan fingerprint density at radius 3 is 2.94 bits per heavy atom. The molecule has 5 heteroatoms. The number of hydrogen-bond donors (Lipinski definition) is 1. The molecule has 0 amide bonds. The van der Waals surface area contributed by atoms with Crippen LogP contribution in [0.5, 0.6) is 0 Å². The van der Waals surface area contributed by atoms with Crippen LogP contribution in [0, 0.1) is 0 Å². The molecular formula is C12H19N3O2. The first kappa shape index (κ1) is 13.4. The molecule has 0 unspecified atom stereocenters. The van der Waals surface area contributed by atoms with Crippen molar-refractivity contribution >= 4 is 11.8 Å². The molecular weight excluding hydrogens is 218 g/mol. The van der Waals surface area contributed by atoms with Gasteiger partial charge in [0, 0.05) is 12.7 Å². The summed E-state index contributed by atoms with van der Waals surface area (Å²) >= 11 is 0. The molecule has 1 rings (SSSR count). The predicted molar refractivity (Wildman–Crippen MR) is 66.0 cm³/mol. The van der Waals surface area contributed by atoms with E-state index in [1.54, 1.807) is 12.3 Å². The number of rotatable bonds is 7. The number of esters is 1. The molecule has 0 aromatic carbocycles. The molecule has 1 aromatic heterocycles. The molecule has 0 saturated heterocycles. The van der Waals surface area contributed by atoms with E-state index in [0.29, 0.717) is 5.82 Å². The molecule has 0 atom stereocenters. The van der Waals surface area contributed by atoms with Gasteiger partial charge in [-0.2, -0.15) is 0 Å². The second kappa shape index (κ2) is 7.60. The van der Waals surface area contributed by atoms with E-state index >= 15 is 0 Å². The highest BCUT2D eigenvalue weighted by Gasteiger charge is 2.08. The first-order valence-corrected chi connectivity index (χ1v) is 5.93. The molecule has 1 N–H and O–H groups in total. The van der Waals surface area contributed by atoms with E-state index < -0.39 is 5.97 Å². The average molecular weight is 237 g/mol. The van der Waals surface area contributed by atoms with Gasteiger partial charge in [0.2, 0.25) is 5.82 Å². The van der Waals surface area contributed by atoms with Crippen LogP contribution in [-0.4, -0.2) is 29.6 Å². The van der Waals surface area contributed by atoms with Crippen LogP contribution in [-0.2, 0) is 4.74 Å². The third-order valence-electron chi connectivity index (χ3n) is 2.36. The molecule has 0 aliphatic carbocycles. The highest BCUT2D eigenvalue weighted by molar-refractivity contribution is 5.85. The molecule has 1 heterocycles. The van der Waals surface area contributed by atoms with E-state index in [9.17, 15) is 4.79 Å². The normalized spacial score (nSPS) is 10.0. The van der Waals surface area contributed by atoms with Gasteiger partial charge in [-0.1, -0.05) is 26.2 Å². The van der Waals surface area contributed by atoms with Crippen molar-refractivity contribution in [3.8, 4) is 0 Å². The van der Waals surface area contributed by atoms with Crippen LogP contribution >= 0.6 is 0 Å². The zero-order valence-electron chi connectivity index (χ0n) is 10.4. The summed E-state index contributed by atoms with van der Waals surface area (Å²) in [4.78, 5) is 19.1. The Bertz CT molecular complexity index is 355. The van der Waals surface area contributed by atoms with Crippen molar-refractivity contribution < 1.29 is 9.53 Å². The van der Waals surface area contributed by atoms with Crippen LogP contribution in [0.1, 0.15) is 43.2 Å². The number of ether oxygens (including phenoxy) is 1.